The van der Waals surface area contributed by atoms with Crippen molar-refractivity contribution in [3.63, 3.8) is 0 Å². The lowest BCUT2D eigenvalue weighted by Crippen LogP contribution is -2.51. The Morgan fingerprint density at radius 1 is 1.25 bits per heavy atom. The van der Waals surface area contributed by atoms with Gasteiger partial charge in [-0.05, 0) is 31.2 Å². The highest BCUT2D eigenvalue weighted by atomic mass is 32.2. The van der Waals surface area contributed by atoms with Crippen LogP contribution in [0.25, 0.3) is 0 Å². The van der Waals surface area contributed by atoms with Crippen LogP contribution in [0, 0.1) is 12.3 Å². The van der Waals surface area contributed by atoms with E-state index in [2.05, 4.69) is 10.3 Å². The maximum Gasteiger partial charge on any atom is 0.297 e. The van der Waals surface area contributed by atoms with Gasteiger partial charge in [0.05, 0.1) is 4.90 Å². The van der Waals surface area contributed by atoms with E-state index in [0.29, 0.717) is 5.82 Å². The number of benzene rings is 1. The van der Waals surface area contributed by atoms with Gasteiger partial charge < -0.3 is 16.8 Å². The first-order chi connectivity index (χ1) is 11.3. The Bertz CT molecular complexity index is 794. The number of pyridine rings is 1. The zero-order valence-electron chi connectivity index (χ0n) is 13.0. The highest BCUT2D eigenvalue weighted by Crippen LogP contribution is 2.16. The summed E-state index contributed by atoms with van der Waals surface area (Å²) in [7, 11) is -4.12. The number of anilines is 1. The number of nitrogens with one attached hydrogen (secondary N) is 2. The number of aryl methyl sites for hydroxylation is 1. The number of amidine groups is 1. The molecule has 8 nitrogen and oxygen atoms in total. The first kappa shape index (κ1) is 17.9. The van der Waals surface area contributed by atoms with Gasteiger partial charge in [0.25, 0.3) is 10.1 Å². The zero-order valence-corrected chi connectivity index (χ0v) is 13.8. The van der Waals surface area contributed by atoms with Crippen LogP contribution in [0.4, 0.5) is 5.82 Å². The molecule has 128 valence electrons. The van der Waals surface area contributed by atoms with Crippen molar-refractivity contribution in [2.45, 2.75) is 24.1 Å². The summed E-state index contributed by atoms with van der Waals surface area (Å²) >= 11 is 0. The van der Waals surface area contributed by atoms with E-state index in [9.17, 15) is 8.42 Å². The molecule has 1 aromatic heterocycles. The maximum atomic E-state index is 12.3. The molecule has 0 spiro atoms. The fraction of sp³-hybridized carbons (Fsp3) is 0.200. The Kier molecular flexibility index (Phi) is 5.50. The fourth-order valence-corrected chi connectivity index (χ4v) is 2.97. The number of rotatable bonds is 7. The molecule has 0 amide bonds. The lowest BCUT2D eigenvalue weighted by atomic mass is 10.2. The monoisotopic (exact) mass is 349 g/mol. The average molecular weight is 349 g/mol. The molecule has 2 rings (SSSR count). The molecule has 0 bridgehead atoms. The number of nitrogens with two attached hydrogens (primary N) is 2. The third-order valence-corrected chi connectivity index (χ3v) is 4.46. The second kappa shape index (κ2) is 7.39. The van der Waals surface area contributed by atoms with Gasteiger partial charge in [-0.2, -0.15) is 8.42 Å². The number of hydrogen-bond acceptors (Lipinski definition) is 7. The van der Waals surface area contributed by atoms with E-state index in [0.717, 1.165) is 5.56 Å². The van der Waals surface area contributed by atoms with Crippen molar-refractivity contribution in [2.75, 3.05) is 5.32 Å². The van der Waals surface area contributed by atoms with Crippen LogP contribution in [0.5, 0.6) is 0 Å². The Balaban J connectivity index is 2.18. The summed E-state index contributed by atoms with van der Waals surface area (Å²) in [5.74, 6) is -0.103. The van der Waals surface area contributed by atoms with Crippen LogP contribution < -0.4 is 16.8 Å². The molecule has 0 aliphatic carbocycles. The molecule has 1 aromatic carbocycles. The molecule has 6 N–H and O–H groups in total. The number of hydrogen-bond donors (Lipinski definition) is 4. The van der Waals surface area contributed by atoms with Crippen molar-refractivity contribution in [3.8, 4) is 0 Å². The molecule has 9 heteroatoms. The molecule has 1 heterocycles. The molecule has 2 atom stereocenters. The minimum absolute atomic E-state index is 0.0376. The van der Waals surface area contributed by atoms with E-state index < -0.39 is 28.2 Å². The molecular formula is C15H19N5O3S. The quantitative estimate of drug-likeness (QED) is 0.250. The third-order valence-electron chi connectivity index (χ3n) is 3.15. The predicted molar refractivity (Wildman–Crippen MR) is 91.0 cm³/mol. The molecule has 0 aliphatic heterocycles. The normalized spacial score (nSPS) is 13.9. The van der Waals surface area contributed by atoms with Crippen LogP contribution >= 0.6 is 0 Å². The van der Waals surface area contributed by atoms with Crippen molar-refractivity contribution in [1.29, 1.82) is 5.41 Å². The largest absolute Gasteiger partial charge is 0.385 e. The molecule has 0 aliphatic rings. The second-order valence-corrected chi connectivity index (χ2v) is 6.70. The topological polar surface area (TPSA) is 144 Å². The van der Waals surface area contributed by atoms with E-state index >= 15 is 0 Å². The molecule has 2 unspecified atom stereocenters. The Morgan fingerprint density at radius 2 is 1.92 bits per heavy atom. The van der Waals surface area contributed by atoms with E-state index in [1.807, 2.05) is 6.92 Å². The smallest absolute Gasteiger partial charge is 0.297 e. The Morgan fingerprint density at radius 3 is 2.46 bits per heavy atom. The van der Waals surface area contributed by atoms with E-state index in [1.54, 1.807) is 36.5 Å². The van der Waals surface area contributed by atoms with Gasteiger partial charge in [0.15, 0.2) is 6.10 Å². The van der Waals surface area contributed by atoms with Crippen LogP contribution in [-0.2, 0) is 14.3 Å². The second-order valence-electron chi connectivity index (χ2n) is 5.12. The van der Waals surface area contributed by atoms with Gasteiger partial charge in [-0.3, -0.25) is 9.59 Å². The van der Waals surface area contributed by atoms with Crippen molar-refractivity contribution in [2.24, 2.45) is 11.5 Å². The Hall–Kier alpha value is -2.49. The summed E-state index contributed by atoms with van der Waals surface area (Å²) in [6, 6.07) is 11.2. The van der Waals surface area contributed by atoms with E-state index in [4.69, 9.17) is 21.1 Å². The van der Waals surface area contributed by atoms with Crippen molar-refractivity contribution in [3.05, 3.63) is 54.2 Å². The van der Waals surface area contributed by atoms with Crippen LogP contribution in [0.3, 0.4) is 0 Å². The molecule has 24 heavy (non-hydrogen) atoms. The highest BCUT2D eigenvalue weighted by Gasteiger charge is 2.29. The van der Waals surface area contributed by atoms with Gasteiger partial charge in [-0.25, -0.2) is 4.98 Å². The lowest BCUT2D eigenvalue weighted by molar-refractivity contribution is 0.248. The predicted octanol–water partition coefficient (Wildman–Crippen LogP) is 0.797. The van der Waals surface area contributed by atoms with Gasteiger partial charge in [-0.15, -0.1) is 0 Å². The third kappa shape index (κ3) is 4.51. The summed E-state index contributed by atoms with van der Waals surface area (Å²) in [5, 5.41) is 10.3. The SMILES string of the molecule is Cc1ccc(S(=O)(=O)OC(C(=N)N)C(N)Nc2ccccn2)cc1. The van der Waals surface area contributed by atoms with Crippen LogP contribution in [0.2, 0.25) is 0 Å². The summed E-state index contributed by atoms with van der Waals surface area (Å²) in [6.07, 6.45) is -0.905. The average Bonchev–Trinajstić information content (AvgIpc) is 2.53. The minimum Gasteiger partial charge on any atom is -0.385 e. The van der Waals surface area contributed by atoms with Gasteiger partial charge in [-0.1, -0.05) is 23.8 Å². The van der Waals surface area contributed by atoms with Crippen LogP contribution in [0.15, 0.2) is 53.6 Å². The van der Waals surface area contributed by atoms with E-state index in [-0.39, 0.29) is 4.90 Å². The molecule has 0 saturated heterocycles. The van der Waals surface area contributed by atoms with Gasteiger partial charge in [0.1, 0.15) is 17.8 Å². The van der Waals surface area contributed by atoms with Crippen LogP contribution in [-0.4, -0.2) is 31.5 Å². The maximum absolute atomic E-state index is 12.3. The molecule has 0 saturated carbocycles. The van der Waals surface area contributed by atoms with Crippen LogP contribution in [0.1, 0.15) is 5.56 Å². The van der Waals surface area contributed by atoms with Gasteiger partial charge >= 0.3 is 0 Å². The minimum atomic E-state index is -4.12. The molecule has 0 fully saturated rings. The summed E-state index contributed by atoms with van der Waals surface area (Å²) in [5.41, 5.74) is 12.3. The lowest BCUT2D eigenvalue weighted by Gasteiger charge is -2.23. The van der Waals surface area contributed by atoms with Crippen molar-refractivity contribution < 1.29 is 12.6 Å². The standard InChI is InChI=1S/C15H19N5O3S/c1-10-5-7-11(8-6-10)24(21,22)23-13(14(16)17)15(18)20-12-4-2-3-9-19-12/h2-9,13,15H,18H2,1H3,(H3,16,17)(H,19,20). The molecular weight excluding hydrogens is 330 g/mol. The number of nitrogens with zero attached hydrogens (tertiary/aromatic N) is 1. The van der Waals surface area contributed by atoms with Crippen molar-refractivity contribution in [1.82, 2.24) is 4.98 Å². The summed E-state index contributed by atoms with van der Waals surface area (Å²) in [4.78, 5) is 3.98. The molecule has 2 aromatic rings. The van der Waals surface area contributed by atoms with E-state index in [1.165, 1.54) is 12.1 Å². The van der Waals surface area contributed by atoms with Crippen molar-refractivity contribution >= 4 is 21.8 Å². The fourth-order valence-electron chi connectivity index (χ4n) is 1.90. The first-order valence-electron chi connectivity index (χ1n) is 7.06. The Labute approximate surface area is 140 Å². The highest BCUT2D eigenvalue weighted by molar-refractivity contribution is 7.86. The molecule has 0 radical (unpaired) electrons. The van der Waals surface area contributed by atoms with Gasteiger partial charge in [0.2, 0.25) is 0 Å². The number of aromatic nitrogens is 1. The van der Waals surface area contributed by atoms with Gasteiger partial charge in [0, 0.05) is 6.20 Å². The summed E-state index contributed by atoms with van der Waals surface area (Å²) in [6.45, 7) is 1.84. The first-order valence-corrected chi connectivity index (χ1v) is 8.47. The summed E-state index contributed by atoms with van der Waals surface area (Å²) < 4.78 is 29.8. The zero-order chi connectivity index (χ0) is 17.7.